The summed E-state index contributed by atoms with van der Waals surface area (Å²) in [6, 6.07) is -0.806. The highest BCUT2D eigenvalue weighted by Gasteiger charge is 1.94. The number of aromatic nitrogens is 2. The van der Waals surface area contributed by atoms with Gasteiger partial charge in [0.05, 0.1) is 4.11 Å². The van der Waals surface area contributed by atoms with Crippen LogP contribution in [0.15, 0.2) is 30.5 Å². The van der Waals surface area contributed by atoms with Crippen LogP contribution in [0.5, 0.6) is 5.88 Å². The first-order chi connectivity index (χ1) is 6.13. The molecule has 2 heterocycles. The Labute approximate surface area is 61.8 Å². The molecule has 0 aliphatic rings. The van der Waals surface area contributed by atoms with Crippen LogP contribution in [0.4, 0.5) is 0 Å². The molecule has 50 valence electrons. The lowest BCUT2D eigenvalue weighted by atomic mass is 10.5. The number of hydrogen-bond acceptors (Lipinski definition) is 2. The number of nitrogens with zero attached hydrogens (tertiary/aromatic N) is 2. The van der Waals surface area contributed by atoms with Crippen molar-refractivity contribution in [3.8, 4) is 5.88 Å². The smallest absolute Gasteiger partial charge is 0.196 e. The Balaban J connectivity index is 3.02. The second-order valence-electron chi connectivity index (χ2n) is 1.82. The van der Waals surface area contributed by atoms with Gasteiger partial charge in [-0.25, -0.2) is 4.98 Å². The van der Waals surface area contributed by atoms with Gasteiger partial charge in [-0.3, -0.25) is 4.40 Å². The molecule has 10 heavy (non-hydrogen) atoms. The third kappa shape index (κ3) is 0.572. The van der Waals surface area contributed by atoms with E-state index in [-0.39, 0.29) is 29.7 Å². The summed E-state index contributed by atoms with van der Waals surface area (Å²) in [6.45, 7) is 0. The third-order valence-corrected chi connectivity index (χ3v) is 1.22. The Morgan fingerprint density at radius 3 is 3.40 bits per heavy atom. The predicted molar refractivity (Wildman–Crippen MR) is 36.9 cm³/mol. The first-order valence-electron chi connectivity index (χ1n) is 4.24. The molecule has 0 bridgehead atoms. The van der Waals surface area contributed by atoms with Crippen molar-refractivity contribution >= 4 is 5.65 Å². The molecule has 0 saturated heterocycles. The van der Waals surface area contributed by atoms with E-state index in [1.807, 2.05) is 0 Å². The summed E-state index contributed by atoms with van der Waals surface area (Å²) in [5, 5.41) is 9.38. The summed E-state index contributed by atoms with van der Waals surface area (Å²) in [5.74, 6) is -0.353. The number of rotatable bonds is 0. The third-order valence-electron chi connectivity index (χ3n) is 1.22. The summed E-state index contributed by atoms with van der Waals surface area (Å²) in [7, 11) is 0. The predicted octanol–water partition coefficient (Wildman–Crippen LogP) is 1.04. The number of fused-ring (bicyclic) bond motifs is 1. The van der Waals surface area contributed by atoms with Gasteiger partial charge in [-0.05, 0) is 12.1 Å². The van der Waals surface area contributed by atoms with E-state index in [1.165, 1.54) is 16.8 Å². The van der Waals surface area contributed by atoms with E-state index in [2.05, 4.69) is 4.98 Å². The molecule has 0 aromatic carbocycles. The van der Waals surface area contributed by atoms with Crippen LogP contribution in [0.3, 0.4) is 0 Å². The zero-order valence-corrected chi connectivity index (χ0v) is 5.00. The van der Waals surface area contributed by atoms with E-state index in [0.717, 1.165) is 0 Å². The highest BCUT2D eigenvalue weighted by atomic mass is 16.3. The van der Waals surface area contributed by atoms with Crippen molar-refractivity contribution in [3.63, 3.8) is 0 Å². The molecule has 2 aromatic rings. The molecular weight excluding hydrogens is 128 g/mol. The largest absolute Gasteiger partial charge is 0.494 e. The second-order valence-corrected chi connectivity index (χ2v) is 1.82. The minimum absolute atomic E-state index is 0.146. The monoisotopic (exact) mass is 137 g/mol. The van der Waals surface area contributed by atoms with Crippen molar-refractivity contribution in [2.24, 2.45) is 0 Å². The fourth-order valence-corrected chi connectivity index (χ4v) is 0.770. The van der Waals surface area contributed by atoms with Gasteiger partial charge in [0.1, 0.15) is 5.65 Å². The van der Waals surface area contributed by atoms with Gasteiger partial charge in [0, 0.05) is 12.4 Å². The summed E-state index contributed by atoms with van der Waals surface area (Å²) in [6.07, 6.45) is 2.85. The fourth-order valence-electron chi connectivity index (χ4n) is 0.770. The van der Waals surface area contributed by atoms with Crippen molar-refractivity contribution in [1.82, 2.24) is 9.38 Å². The topological polar surface area (TPSA) is 37.5 Å². The lowest BCUT2D eigenvalue weighted by molar-refractivity contribution is 0.446. The van der Waals surface area contributed by atoms with E-state index in [1.54, 1.807) is 0 Å². The van der Waals surface area contributed by atoms with Crippen LogP contribution in [-0.2, 0) is 0 Å². The average Bonchev–Trinajstić information content (AvgIpc) is 2.59. The standard InChI is InChI=1S/C7H6N2O/c10-7-3-1-2-6-8-4-5-9(6)7/h1-5,10H/i1D,2D,3D. The van der Waals surface area contributed by atoms with Crippen molar-refractivity contribution in [2.75, 3.05) is 0 Å². The Morgan fingerprint density at radius 2 is 2.50 bits per heavy atom. The highest BCUT2D eigenvalue weighted by Crippen LogP contribution is 2.10. The molecule has 0 radical (unpaired) electrons. The molecule has 2 aromatic heterocycles. The zero-order valence-electron chi connectivity index (χ0n) is 8.00. The van der Waals surface area contributed by atoms with Crippen molar-refractivity contribution in [2.45, 2.75) is 0 Å². The molecule has 0 spiro atoms. The normalized spacial score (nSPS) is 14.6. The number of aromatic hydroxyl groups is 1. The highest BCUT2D eigenvalue weighted by molar-refractivity contribution is 5.41. The lowest BCUT2D eigenvalue weighted by Gasteiger charge is -1.94. The van der Waals surface area contributed by atoms with Crippen molar-refractivity contribution in [1.29, 1.82) is 0 Å². The average molecular weight is 137 g/mol. The van der Waals surface area contributed by atoms with Gasteiger partial charge in [-0.1, -0.05) is 6.04 Å². The van der Waals surface area contributed by atoms with Gasteiger partial charge >= 0.3 is 0 Å². The molecule has 0 aliphatic carbocycles. The Kier molecular flexibility index (Phi) is 0.529. The molecule has 0 amide bonds. The van der Waals surface area contributed by atoms with Crippen LogP contribution >= 0.6 is 0 Å². The van der Waals surface area contributed by atoms with Crippen LogP contribution in [-0.4, -0.2) is 14.5 Å². The first-order valence-corrected chi connectivity index (χ1v) is 2.74. The van der Waals surface area contributed by atoms with Crippen LogP contribution in [0.2, 0.25) is 0 Å². The van der Waals surface area contributed by atoms with Gasteiger partial charge in [-0.2, -0.15) is 0 Å². The zero-order chi connectivity index (χ0) is 9.59. The van der Waals surface area contributed by atoms with E-state index in [4.69, 9.17) is 4.11 Å². The van der Waals surface area contributed by atoms with E-state index >= 15 is 0 Å². The summed E-state index contributed by atoms with van der Waals surface area (Å²) in [4.78, 5) is 3.79. The van der Waals surface area contributed by atoms with Crippen LogP contribution in [0.25, 0.3) is 5.65 Å². The summed E-state index contributed by atoms with van der Waals surface area (Å²) >= 11 is 0. The minimum Gasteiger partial charge on any atom is -0.494 e. The Bertz CT molecular complexity index is 438. The maximum atomic E-state index is 9.38. The molecule has 0 atom stereocenters. The molecule has 0 saturated carbocycles. The Hall–Kier alpha value is -1.51. The van der Waals surface area contributed by atoms with E-state index in [9.17, 15) is 5.11 Å². The van der Waals surface area contributed by atoms with Gasteiger partial charge < -0.3 is 5.11 Å². The molecule has 0 fully saturated rings. The van der Waals surface area contributed by atoms with Crippen molar-refractivity contribution in [3.05, 3.63) is 30.5 Å². The van der Waals surface area contributed by atoms with Gasteiger partial charge in [0.2, 0.25) is 0 Å². The quantitative estimate of drug-likeness (QED) is 0.589. The molecule has 0 aliphatic heterocycles. The number of pyridine rings is 1. The summed E-state index contributed by atoms with van der Waals surface area (Å²) < 4.78 is 23.3. The SMILES string of the molecule is [2H]c1c([2H])c(O)n2ccnc2c1[2H]. The molecule has 0 unspecified atom stereocenters. The van der Waals surface area contributed by atoms with Crippen LogP contribution in [0.1, 0.15) is 4.11 Å². The van der Waals surface area contributed by atoms with Gasteiger partial charge in [0.15, 0.2) is 5.88 Å². The molecule has 2 rings (SSSR count). The Morgan fingerprint density at radius 1 is 1.60 bits per heavy atom. The number of hydrogen-bond donors (Lipinski definition) is 1. The molecule has 3 nitrogen and oxygen atoms in total. The maximum absolute atomic E-state index is 9.38. The van der Waals surface area contributed by atoms with Gasteiger partial charge in [-0.15, -0.1) is 0 Å². The first kappa shape index (κ1) is 3.05. The minimum atomic E-state index is -0.353. The van der Waals surface area contributed by atoms with Crippen LogP contribution in [0, 0.1) is 0 Å². The molecule has 1 N–H and O–H groups in total. The van der Waals surface area contributed by atoms with E-state index in [0.29, 0.717) is 0 Å². The van der Waals surface area contributed by atoms with E-state index < -0.39 is 0 Å². The van der Waals surface area contributed by atoms with Crippen molar-refractivity contribution < 1.29 is 9.22 Å². The molecular formula is C7H6N2O. The molecule has 3 heteroatoms. The van der Waals surface area contributed by atoms with Crippen LogP contribution < -0.4 is 0 Å². The summed E-state index contributed by atoms with van der Waals surface area (Å²) in [5.41, 5.74) is 0.193. The fraction of sp³-hybridized carbons (Fsp3) is 0. The number of imidazole rings is 1. The maximum Gasteiger partial charge on any atom is 0.196 e. The lowest BCUT2D eigenvalue weighted by Crippen LogP contribution is -1.81. The van der Waals surface area contributed by atoms with Gasteiger partial charge in [0.25, 0.3) is 0 Å². The second kappa shape index (κ2) is 1.73.